The van der Waals surface area contributed by atoms with E-state index in [2.05, 4.69) is 30.1 Å². The molecule has 0 aliphatic carbocycles. The molecule has 0 unspecified atom stereocenters. The first-order valence-corrected chi connectivity index (χ1v) is 4.57. The molecule has 0 aromatic heterocycles. The number of nitrogens with zero attached hydrogens (tertiary/aromatic N) is 1. The van der Waals surface area contributed by atoms with Gasteiger partial charge < -0.3 is 0 Å². The van der Waals surface area contributed by atoms with E-state index in [0.29, 0.717) is 6.54 Å². The monoisotopic (exact) mass is 187 g/mol. The minimum Gasteiger partial charge on any atom is -0.211 e. The van der Waals surface area contributed by atoms with Gasteiger partial charge in [0.2, 0.25) is 6.08 Å². The number of aliphatic imine (C=N–C) groups is 1. The Morgan fingerprint density at radius 3 is 3.00 bits per heavy atom. The zero-order chi connectivity index (χ0) is 10.2. The molecule has 1 rings (SSSR count). The second-order valence-corrected chi connectivity index (χ2v) is 3.10. The molecule has 1 aromatic rings. The number of allylic oxidation sites excluding steroid dienone is 1. The minimum atomic E-state index is 0.426. The van der Waals surface area contributed by atoms with Crippen LogP contribution < -0.4 is 0 Å². The van der Waals surface area contributed by atoms with Gasteiger partial charge in [0.1, 0.15) is 0 Å². The number of carbonyl (C=O) groups excluding carboxylic acids is 1. The normalized spacial score (nSPS) is 10.1. The maximum Gasteiger partial charge on any atom is 0.235 e. The number of hydrogen-bond acceptors (Lipinski definition) is 2. The largest absolute Gasteiger partial charge is 0.235 e. The number of hydrogen-bond donors (Lipinski definition) is 0. The third-order valence-corrected chi connectivity index (χ3v) is 1.86. The topological polar surface area (TPSA) is 29.4 Å². The third-order valence-electron chi connectivity index (χ3n) is 1.86. The molecule has 0 saturated heterocycles. The predicted molar refractivity (Wildman–Crippen MR) is 57.0 cm³/mol. The van der Waals surface area contributed by atoms with E-state index >= 15 is 0 Å². The van der Waals surface area contributed by atoms with E-state index in [1.54, 1.807) is 0 Å². The maximum absolute atomic E-state index is 9.76. The molecule has 0 aliphatic rings. The lowest BCUT2D eigenvalue weighted by Crippen LogP contribution is -1.82. The van der Waals surface area contributed by atoms with Crippen molar-refractivity contribution in [2.75, 3.05) is 6.54 Å². The van der Waals surface area contributed by atoms with Crippen LogP contribution in [0.15, 0.2) is 41.4 Å². The molecule has 0 radical (unpaired) electrons. The van der Waals surface area contributed by atoms with Crippen molar-refractivity contribution in [2.45, 2.75) is 13.3 Å². The molecule has 0 saturated carbocycles. The van der Waals surface area contributed by atoms with E-state index in [1.165, 1.54) is 17.2 Å². The lowest BCUT2D eigenvalue weighted by atomic mass is 10.1. The summed E-state index contributed by atoms with van der Waals surface area (Å²) in [5, 5.41) is 0. The molecule has 0 atom stereocenters. The first-order chi connectivity index (χ1) is 6.83. The van der Waals surface area contributed by atoms with E-state index in [1.807, 2.05) is 18.2 Å². The molecule has 0 heterocycles. The van der Waals surface area contributed by atoms with Crippen LogP contribution in [0.25, 0.3) is 0 Å². The van der Waals surface area contributed by atoms with Crippen LogP contribution in [0.3, 0.4) is 0 Å². The van der Waals surface area contributed by atoms with E-state index in [-0.39, 0.29) is 0 Å². The fourth-order valence-electron chi connectivity index (χ4n) is 1.22. The average Bonchev–Trinajstić information content (AvgIpc) is 2.18. The number of isocyanates is 1. The van der Waals surface area contributed by atoms with Crippen molar-refractivity contribution in [3.63, 3.8) is 0 Å². The smallest absolute Gasteiger partial charge is 0.211 e. The van der Waals surface area contributed by atoms with Crippen LogP contribution in [0.2, 0.25) is 0 Å². The highest BCUT2D eigenvalue weighted by molar-refractivity contribution is 5.33. The first kappa shape index (κ1) is 10.4. The Hall–Kier alpha value is -1.66. The van der Waals surface area contributed by atoms with Gasteiger partial charge in [-0.3, -0.25) is 0 Å². The van der Waals surface area contributed by atoms with Crippen LogP contribution in [-0.4, -0.2) is 12.6 Å². The Kier molecular flexibility index (Phi) is 4.39. The second-order valence-electron chi connectivity index (χ2n) is 3.10. The SMILES string of the molecule is Cc1cccc(C/C=C\CN=C=O)c1. The van der Waals surface area contributed by atoms with Crippen molar-refractivity contribution in [3.8, 4) is 0 Å². The van der Waals surface area contributed by atoms with Gasteiger partial charge in [0.15, 0.2) is 0 Å². The zero-order valence-electron chi connectivity index (χ0n) is 8.23. The molecule has 2 heteroatoms. The van der Waals surface area contributed by atoms with Crippen LogP contribution in [0.5, 0.6) is 0 Å². The van der Waals surface area contributed by atoms with Crippen LogP contribution in [0, 0.1) is 6.92 Å². The van der Waals surface area contributed by atoms with E-state index in [4.69, 9.17) is 0 Å². The van der Waals surface area contributed by atoms with Gasteiger partial charge in [0, 0.05) is 0 Å². The van der Waals surface area contributed by atoms with Crippen LogP contribution >= 0.6 is 0 Å². The first-order valence-electron chi connectivity index (χ1n) is 4.57. The molecule has 14 heavy (non-hydrogen) atoms. The molecule has 0 bridgehead atoms. The fraction of sp³-hybridized carbons (Fsp3) is 0.250. The molecule has 0 fully saturated rings. The molecule has 72 valence electrons. The lowest BCUT2D eigenvalue weighted by Gasteiger charge is -1.97. The maximum atomic E-state index is 9.76. The van der Waals surface area contributed by atoms with Gasteiger partial charge in [-0.2, -0.15) is 0 Å². The summed E-state index contributed by atoms with van der Waals surface area (Å²) in [5.74, 6) is 0. The van der Waals surface area contributed by atoms with Gasteiger partial charge in [0.05, 0.1) is 6.54 Å². The van der Waals surface area contributed by atoms with E-state index in [9.17, 15) is 4.79 Å². The summed E-state index contributed by atoms with van der Waals surface area (Å²) in [7, 11) is 0. The molecular formula is C12H13NO. The summed E-state index contributed by atoms with van der Waals surface area (Å²) in [4.78, 5) is 13.2. The Balaban J connectivity index is 2.45. The number of aryl methyl sites for hydroxylation is 1. The van der Waals surface area contributed by atoms with E-state index in [0.717, 1.165) is 6.42 Å². The van der Waals surface area contributed by atoms with Crippen molar-refractivity contribution in [1.29, 1.82) is 0 Å². The summed E-state index contributed by atoms with van der Waals surface area (Å²) in [6, 6.07) is 8.35. The molecule has 0 aliphatic heterocycles. The minimum absolute atomic E-state index is 0.426. The second kappa shape index (κ2) is 5.90. The van der Waals surface area contributed by atoms with Crippen molar-refractivity contribution >= 4 is 6.08 Å². The number of benzene rings is 1. The summed E-state index contributed by atoms with van der Waals surface area (Å²) < 4.78 is 0. The zero-order valence-corrected chi connectivity index (χ0v) is 8.23. The van der Waals surface area contributed by atoms with Gasteiger partial charge in [-0.15, -0.1) is 0 Å². The van der Waals surface area contributed by atoms with Gasteiger partial charge in [-0.25, -0.2) is 9.79 Å². The van der Waals surface area contributed by atoms with Gasteiger partial charge in [-0.1, -0.05) is 42.0 Å². The molecule has 0 spiro atoms. The summed E-state index contributed by atoms with van der Waals surface area (Å²) >= 11 is 0. The van der Waals surface area contributed by atoms with Gasteiger partial charge in [0.25, 0.3) is 0 Å². The van der Waals surface area contributed by atoms with Crippen molar-refractivity contribution in [1.82, 2.24) is 0 Å². The Bertz CT molecular complexity index is 362. The standard InChI is InChI=1S/C12H13NO/c1-11-5-4-7-12(9-11)6-2-3-8-13-10-14/h2-5,7,9H,6,8H2,1H3/b3-2-. The van der Waals surface area contributed by atoms with Crippen LogP contribution in [0.1, 0.15) is 11.1 Å². The van der Waals surface area contributed by atoms with Crippen LogP contribution in [-0.2, 0) is 11.2 Å². The van der Waals surface area contributed by atoms with Crippen molar-refractivity contribution in [2.24, 2.45) is 4.99 Å². The third kappa shape index (κ3) is 3.83. The lowest BCUT2D eigenvalue weighted by molar-refractivity contribution is 0.564. The molecule has 2 nitrogen and oxygen atoms in total. The quantitative estimate of drug-likeness (QED) is 0.404. The summed E-state index contributed by atoms with van der Waals surface area (Å²) in [5.41, 5.74) is 2.54. The Morgan fingerprint density at radius 2 is 2.29 bits per heavy atom. The van der Waals surface area contributed by atoms with Crippen molar-refractivity contribution in [3.05, 3.63) is 47.5 Å². The highest BCUT2D eigenvalue weighted by atomic mass is 16.1. The van der Waals surface area contributed by atoms with Crippen LogP contribution in [0.4, 0.5) is 0 Å². The molecular weight excluding hydrogens is 174 g/mol. The van der Waals surface area contributed by atoms with E-state index < -0.39 is 0 Å². The fourth-order valence-corrected chi connectivity index (χ4v) is 1.22. The average molecular weight is 187 g/mol. The van der Waals surface area contributed by atoms with Gasteiger partial charge in [-0.05, 0) is 18.9 Å². The predicted octanol–water partition coefficient (Wildman–Crippen LogP) is 2.43. The summed E-state index contributed by atoms with van der Waals surface area (Å²) in [6.07, 6.45) is 6.26. The van der Waals surface area contributed by atoms with Crippen molar-refractivity contribution < 1.29 is 4.79 Å². The highest BCUT2D eigenvalue weighted by Crippen LogP contribution is 2.04. The van der Waals surface area contributed by atoms with Gasteiger partial charge >= 0.3 is 0 Å². The number of rotatable bonds is 4. The summed E-state index contributed by atoms with van der Waals surface area (Å²) in [6.45, 7) is 2.50. The Morgan fingerprint density at radius 1 is 1.43 bits per heavy atom. The highest BCUT2D eigenvalue weighted by Gasteiger charge is 1.88. The molecule has 0 amide bonds. The molecule has 0 N–H and O–H groups in total. The molecule has 1 aromatic carbocycles. The Labute approximate surface area is 84.0 Å².